The lowest BCUT2D eigenvalue weighted by atomic mass is 10.1. The topological polar surface area (TPSA) is 63.2 Å². The quantitative estimate of drug-likeness (QED) is 0.825. The summed E-state index contributed by atoms with van der Waals surface area (Å²) in [6.45, 7) is 4.63. The predicted molar refractivity (Wildman–Crippen MR) is 92.0 cm³/mol. The predicted octanol–water partition coefficient (Wildman–Crippen LogP) is 2.88. The van der Waals surface area contributed by atoms with Crippen molar-refractivity contribution < 1.29 is 9.53 Å². The number of amides is 1. The summed E-state index contributed by atoms with van der Waals surface area (Å²) in [5.74, 6) is 0.662. The van der Waals surface area contributed by atoms with Gasteiger partial charge in [0.15, 0.2) is 0 Å². The first kappa shape index (κ1) is 16.8. The van der Waals surface area contributed by atoms with Crippen LogP contribution in [0.25, 0.3) is 0 Å². The molecule has 2 N–H and O–H groups in total. The van der Waals surface area contributed by atoms with Gasteiger partial charge in [0.2, 0.25) is 0 Å². The van der Waals surface area contributed by atoms with Crippen molar-refractivity contribution in [3.8, 4) is 5.75 Å². The van der Waals surface area contributed by atoms with Crippen molar-refractivity contribution in [3.63, 3.8) is 0 Å². The summed E-state index contributed by atoms with van der Waals surface area (Å²) in [6, 6.07) is 11.7. The molecule has 122 valence electrons. The molecule has 0 aliphatic rings. The molecule has 1 heterocycles. The lowest BCUT2D eigenvalue weighted by Gasteiger charge is -2.11. The second-order valence-electron chi connectivity index (χ2n) is 5.55. The molecule has 5 nitrogen and oxygen atoms in total. The van der Waals surface area contributed by atoms with Crippen LogP contribution in [-0.2, 0) is 6.42 Å². The zero-order valence-electron chi connectivity index (χ0n) is 13.8. The zero-order valence-corrected chi connectivity index (χ0v) is 13.8. The Morgan fingerprint density at radius 2 is 2.04 bits per heavy atom. The number of aromatic nitrogens is 1. The van der Waals surface area contributed by atoms with E-state index in [-0.39, 0.29) is 5.91 Å². The van der Waals surface area contributed by atoms with Crippen molar-refractivity contribution in [2.24, 2.45) is 0 Å². The number of rotatable bonds is 7. The molecule has 0 spiro atoms. The van der Waals surface area contributed by atoms with Gasteiger partial charge in [-0.25, -0.2) is 0 Å². The van der Waals surface area contributed by atoms with E-state index in [1.165, 1.54) is 0 Å². The van der Waals surface area contributed by atoms with Crippen molar-refractivity contribution in [1.82, 2.24) is 10.3 Å². The smallest absolute Gasteiger partial charge is 0.269 e. The Kier molecular flexibility index (Phi) is 5.97. The highest BCUT2D eigenvalue weighted by Gasteiger charge is 2.09. The Balaban J connectivity index is 1.92. The molecule has 1 aromatic heterocycles. The molecule has 2 aromatic rings. The summed E-state index contributed by atoms with van der Waals surface area (Å²) in [4.78, 5) is 16.3. The van der Waals surface area contributed by atoms with Crippen LogP contribution in [0.2, 0.25) is 0 Å². The van der Waals surface area contributed by atoms with E-state index >= 15 is 0 Å². The van der Waals surface area contributed by atoms with E-state index in [1.54, 1.807) is 19.4 Å². The maximum atomic E-state index is 12.2. The number of para-hydroxylation sites is 1. The first-order valence-electron chi connectivity index (χ1n) is 7.73. The van der Waals surface area contributed by atoms with Crippen LogP contribution < -0.4 is 15.4 Å². The van der Waals surface area contributed by atoms with Gasteiger partial charge in [-0.3, -0.25) is 9.78 Å². The highest BCUT2D eigenvalue weighted by atomic mass is 16.5. The molecular formula is C18H23N3O2. The van der Waals surface area contributed by atoms with Gasteiger partial charge >= 0.3 is 0 Å². The van der Waals surface area contributed by atoms with Crippen LogP contribution in [0.1, 0.15) is 29.9 Å². The van der Waals surface area contributed by atoms with Crippen molar-refractivity contribution in [2.45, 2.75) is 26.3 Å². The monoisotopic (exact) mass is 313 g/mol. The third-order valence-corrected chi connectivity index (χ3v) is 3.32. The molecule has 0 saturated carbocycles. The average Bonchev–Trinajstić information content (AvgIpc) is 2.55. The number of anilines is 1. The van der Waals surface area contributed by atoms with Crippen molar-refractivity contribution >= 4 is 11.6 Å². The minimum atomic E-state index is -0.174. The molecular weight excluding hydrogens is 290 g/mol. The van der Waals surface area contributed by atoms with Gasteiger partial charge in [-0.05, 0) is 44.0 Å². The SMILES string of the molecule is COc1ccccc1CCNC(=O)c1cc(NC(C)C)ccn1. The number of methoxy groups -OCH3 is 1. The van der Waals surface area contributed by atoms with Gasteiger partial charge in [0.25, 0.3) is 5.91 Å². The molecule has 0 radical (unpaired) electrons. The number of benzene rings is 1. The van der Waals surface area contributed by atoms with Gasteiger partial charge in [-0.2, -0.15) is 0 Å². The molecule has 1 aromatic carbocycles. The summed E-state index contributed by atoms with van der Waals surface area (Å²) in [5, 5.41) is 6.16. The molecule has 23 heavy (non-hydrogen) atoms. The lowest BCUT2D eigenvalue weighted by Crippen LogP contribution is -2.26. The fourth-order valence-corrected chi connectivity index (χ4v) is 2.29. The zero-order chi connectivity index (χ0) is 16.7. The average molecular weight is 313 g/mol. The molecule has 0 saturated heterocycles. The second kappa shape index (κ2) is 8.17. The maximum Gasteiger partial charge on any atom is 0.269 e. The molecule has 0 fully saturated rings. The number of hydrogen-bond acceptors (Lipinski definition) is 4. The van der Waals surface area contributed by atoms with E-state index in [9.17, 15) is 4.79 Å². The van der Waals surface area contributed by atoms with E-state index in [2.05, 4.69) is 15.6 Å². The van der Waals surface area contributed by atoms with Crippen LogP contribution >= 0.6 is 0 Å². The van der Waals surface area contributed by atoms with E-state index in [0.29, 0.717) is 24.7 Å². The third kappa shape index (κ3) is 4.98. The first-order valence-corrected chi connectivity index (χ1v) is 7.73. The Labute approximate surface area is 137 Å². The maximum absolute atomic E-state index is 12.2. The van der Waals surface area contributed by atoms with E-state index in [4.69, 9.17) is 4.74 Å². The van der Waals surface area contributed by atoms with Crippen LogP contribution in [0.4, 0.5) is 5.69 Å². The highest BCUT2D eigenvalue weighted by molar-refractivity contribution is 5.93. The van der Waals surface area contributed by atoms with Gasteiger partial charge in [0.1, 0.15) is 11.4 Å². The number of carbonyl (C=O) groups excluding carboxylic acids is 1. The van der Waals surface area contributed by atoms with Crippen molar-refractivity contribution in [3.05, 3.63) is 53.9 Å². The normalized spacial score (nSPS) is 10.4. The number of ether oxygens (including phenoxy) is 1. The summed E-state index contributed by atoms with van der Waals surface area (Å²) in [7, 11) is 1.65. The van der Waals surface area contributed by atoms with Gasteiger partial charge in [0.05, 0.1) is 7.11 Å². The minimum Gasteiger partial charge on any atom is -0.496 e. The Morgan fingerprint density at radius 1 is 1.26 bits per heavy atom. The number of nitrogens with zero attached hydrogens (tertiary/aromatic N) is 1. The van der Waals surface area contributed by atoms with E-state index in [1.807, 2.05) is 44.2 Å². The van der Waals surface area contributed by atoms with Crippen molar-refractivity contribution in [2.75, 3.05) is 19.0 Å². The molecule has 1 amide bonds. The van der Waals surface area contributed by atoms with Crippen molar-refractivity contribution in [1.29, 1.82) is 0 Å². The summed E-state index contributed by atoms with van der Waals surface area (Å²) in [6.07, 6.45) is 2.35. The fraction of sp³-hybridized carbons (Fsp3) is 0.333. The minimum absolute atomic E-state index is 0.174. The Bertz CT molecular complexity index is 656. The first-order chi connectivity index (χ1) is 11.1. The van der Waals surface area contributed by atoms with E-state index in [0.717, 1.165) is 17.0 Å². The van der Waals surface area contributed by atoms with Crippen LogP contribution in [0, 0.1) is 0 Å². The highest BCUT2D eigenvalue weighted by Crippen LogP contribution is 2.17. The molecule has 0 aliphatic heterocycles. The molecule has 0 unspecified atom stereocenters. The van der Waals surface area contributed by atoms with E-state index < -0.39 is 0 Å². The molecule has 0 bridgehead atoms. The van der Waals surface area contributed by atoms with Crippen LogP contribution in [0.15, 0.2) is 42.6 Å². The fourth-order valence-electron chi connectivity index (χ4n) is 2.29. The molecule has 0 aliphatic carbocycles. The van der Waals surface area contributed by atoms with Gasteiger partial charge < -0.3 is 15.4 Å². The largest absolute Gasteiger partial charge is 0.496 e. The van der Waals surface area contributed by atoms with Crippen LogP contribution in [-0.4, -0.2) is 30.6 Å². The standard InChI is InChI=1S/C18H23N3O2/c1-13(2)21-15-9-11-19-16(12-15)18(22)20-10-8-14-6-4-5-7-17(14)23-3/h4-7,9,11-13H,8,10H2,1-3H3,(H,19,21)(H,20,22). The number of pyridine rings is 1. The second-order valence-corrected chi connectivity index (χ2v) is 5.55. The lowest BCUT2D eigenvalue weighted by molar-refractivity contribution is 0.0949. The molecule has 0 atom stereocenters. The Hall–Kier alpha value is -2.56. The Morgan fingerprint density at radius 3 is 2.78 bits per heavy atom. The van der Waals surface area contributed by atoms with Gasteiger partial charge in [-0.15, -0.1) is 0 Å². The number of carbonyl (C=O) groups is 1. The number of hydrogen-bond donors (Lipinski definition) is 2. The summed E-state index contributed by atoms with van der Waals surface area (Å²) >= 11 is 0. The van der Waals surface area contributed by atoms with Gasteiger partial charge in [0, 0.05) is 24.5 Å². The van der Waals surface area contributed by atoms with Crippen LogP contribution in [0.3, 0.4) is 0 Å². The molecule has 5 heteroatoms. The summed E-state index contributed by atoms with van der Waals surface area (Å²) < 4.78 is 5.31. The molecule has 2 rings (SSSR count). The third-order valence-electron chi connectivity index (χ3n) is 3.32. The number of nitrogens with one attached hydrogen (secondary N) is 2. The van der Waals surface area contributed by atoms with Crippen LogP contribution in [0.5, 0.6) is 5.75 Å². The summed E-state index contributed by atoms with van der Waals surface area (Å²) in [5.41, 5.74) is 2.37. The van der Waals surface area contributed by atoms with Gasteiger partial charge in [-0.1, -0.05) is 18.2 Å².